The Morgan fingerprint density at radius 2 is 2.43 bits per heavy atom. The van der Waals surface area contributed by atoms with Crippen molar-refractivity contribution in [2.75, 3.05) is 7.11 Å². The van der Waals surface area contributed by atoms with Gasteiger partial charge in [0.15, 0.2) is 0 Å². The number of halogens is 1. The Kier molecular flexibility index (Phi) is 2.13. The Morgan fingerprint density at radius 3 is 3.14 bits per heavy atom. The highest BCUT2D eigenvalue weighted by Gasteiger charge is 2.15. The minimum absolute atomic E-state index is 0.295. The summed E-state index contributed by atoms with van der Waals surface area (Å²) in [5.74, 6) is -0.456. The van der Waals surface area contributed by atoms with Gasteiger partial charge in [-0.05, 0) is 6.07 Å². The first kappa shape index (κ1) is 9.02. The number of fused-ring (bicyclic) bond motifs is 1. The van der Waals surface area contributed by atoms with E-state index in [1.807, 2.05) is 0 Å². The molecule has 2 rings (SSSR count). The fourth-order valence-corrected chi connectivity index (χ4v) is 1.52. The normalized spacial score (nSPS) is 10.4. The molecule has 0 unspecified atom stereocenters. The number of carbonyl (C=O) groups is 1. The first-order valence-electron chi connectivity index (χ1n) is 3.94. The number of hydrogen-bond donors (Lipinski definition) is 1. The van der Waals surface area contributed by atoms with E-state index in [1.54, 1.807) is 12.3 Å². The van der Waals surface area contributed by atoms with Crippen LogP contribution >= 0.6 is 11.6 Å². The van der Waals surface area contributed by atoms with Crippen LogP contribution in [-0.2, 0) is 4.74 Å². The van der Waals surface area contributed by atoms with Crippen molar-refractivity contribution in [1.29, 1.82) is 0 Å². The summed E-state index contributed by atoms with van der Waals surface area (Å²) >= 11 is 5.86. The fourth-order valence-electron chi connectivity index (χ4n) is 1.29. The molecule has 0 fully saturated rings. The zero-order chi connectivity index (χ0) is 10.1. The van der Waals surface area contributed by atoms with E-state index in [9.17, 15) is 4.79 Å². The molecular formula is C9H7ClN2O2. The van der Waals surface area contributed by atoms with Gasteiger partial charge in [0.1, 0.15) is 5.65 Å². The van der Waals surface area contributed by atoms with E-state index in [4.69, 9.17) is 11.6 Å². The molecule has 4 nitrogen and oxygen atoms in total. The van der Waals surface area contributed by atoms with E-state index in [0.717, 1.165) is 0 Å². The number of pyridine rings is 1. The summed E-state index contributed by atoms with van der Waals surface area (Å²) in [6, 6.07) is 1.74. The van der Waals surface area contributed by atoms with Gasteiger partial charge in [-0.2, -0.15) is 0 Å². The number of carbonyl (C=O) groups excluding carboxylic acids is 1. The average molecular weight is 211 g/mol. The van der Waals surface area contributed by atoms with Crippen LogP contribution in [0.3, 0.4) is 0 Å². The SMILES string of the molecule is COC(=O)c1c(Cl)cnc2[nH]ccc12. The lowest BCUT2D eigenvalue weighted by molar-refractivity contribution is 0.0603. The highest BCUT2D eigenvalue weighted by Crippen LogP contribution is 2.23. The van der Waals surface area contributed by atoms with Crippen molar-refractivity contribution >= 4 is 28.6 Å². The van der Waals surface area contributed by atoms with Gasteiger partial charge in [0.25, 0.3) is 0 Å². The Bertz CT molecular complexity index is 493. The van der Waals surface area contributed by atoms with Crippen LogP contribution in [0.25, 0.3) is 11.0 Å². The molecule has 0 radical (unpaired) electrons. The summed E-state index contributed by atoms with van der Waals surface area (Å²) in [4.78, 5) is 18.3. The number of aromatic amines is 1. The van der Waals surface area contributed by atoms with E-state index in [0.29, 0.717) is 21.6 Å². The number of H-pyrrole nitrogens is 1. The third-order valence-corrected chi connectivity index (χ3v) is 2.22. The molecule has 0 bridgehead atoms. The molecule has 5 heteroatoms. The van der Waals surface area contributed by atoms with Crippen LogP contribution in [0.4, 0.5) is 0 Å². The van der Waals surface area contributed by atoms with Gasteiger partial charge in [0.2, 0.25) is 0 Å². The third kappa shape index (κ3) is 1.24. The Balaban J connectivity index is 2.76. The smallest absolute Gasteiger partial charge is 0.340 e. The molecule has 0 aliphatic rings. The minimum Gasteiger partial charge on any atom is -0.465 e. The molecule has 1 N–H and O–H groups in total. The molecule has 14 heavy (non-hydrogen) atoms. The van der Waals surface area contributed by atoms with Crippen molar-refractivity contribution in [3.63, 3.8) is 0 Å². The summed E-state index contributed by atoms with van der Waals surface area (Å²) in [6.07, 6.45) is 3.12. The van der Waals surface area contributed by atoms with Crippen LogP contribution in [0.1, 0.15) is 10.4 Å². The van der Waals surface area contributed by atoms with Crippen molar-refractivity contribution in [1.82, 2.24) is 9.97 Å². The average Bonchev–Trinajstić information content (AvgIpc) is 2.64. The summed E-state index contributed by atoms with van der Waals surface area (Å²) in [5.41, 5.74) is 0.968. The number of hydrogen-bond acceptors (Lipinski definition) is 3. The lowest BCUT2D eigenvalue weighted by Gasteiger charge is -2.02. The second-order valence-corrected chi connectivity index (χ2v) is 3.12. The second-order valence-electron chi connectivity index (χ2n) is 2.71. The molecule has 2 heterocycles. The molecule has 0 amide bonds. The zero-order valence-electron chi connectivity index (χ0n) is 7.37. The molecule has 0 atom stereocenters. The maximum absolute atomic E-state index is 11.4. The minimum atomic E-state index is -0.456. The van der Waals surface area contributed by atoms with E-state index < -0.39 is 5.97 Å². The molecule has 2 aromatic rings. The summed E-state index contributed by atoms with van der Waals surface area (Å²) in [7, 11) is 1.32. The van der Waals surface area contributed by atoms with Crippen molar-refractivity contribution < 1.29 is 9.53 Å². The topological polar surface area (TPSA) is 55.0 Å². The number of aromatic nitrogens is 2. The number of ether oxygens (including phenoxy) is 1. The maximum atomic E-state index is 11.4. The van der Waals surface area contributed by atoms with Gasteiger partial charge in [-0.25, -0.2) is 9.78 Å². The van der Waals surface area contributed by atoms with Gasteiger partial charge in [-0.15, -0.1) is 0 Å². The predicted molar refractivity (Wildman–Crippen MR) is 52.4 cm³/mol. The fraction of sp³-hybridized carbons (Fsp3) is 0.111. The van der Waals surface area contributed by atoms with Crippen LogP contribution in [-0.4, -0.2) is 23.0 Å². The Labute approximate surface area is 84.9 Å². The molecular weight excluding hydrogens is 204 g/mol. The van der Waals surface area contributed by atoms with Crippen LogP contribution in [0.2, 0.25) is 5.02 Å². The zero-order valence-corrected chi connectivity index (χ0v) is 8.13. The van der Waals surface area contributed by atoms with E-state index >= 15 is 0 Å². The lowest BCUT2D eigenvalue weighted by Crippen LogP contribution is -2.03. The molecule has 0 aromatic carbocycles. The number of rotatable bonds is 1. The Morgan fingerprint density at radius 1 is 1.64 bits per heavy atom. The second kappa shape index (κ2) is 3.31. The monoisotopic (exact) mass is 210 g/mol. The first-order chi connectivity index (χ1) is 6.74. The number of esters is 1. The van der Waals surface area contributed by atoms with Crippen molar-refractivity contribution in [2.45, 2.75) is 0 Å². The third-order valence-electron chi connectivity index (χ3n) is 1.93. The van der Waals surface area contributed by atoms with Gasteiger partial charge >= 0.3 is 5.97 Å². The predicted octanol–water partition coefficient (Wildman–Crippen LogP) is 2.00. The summed E-state index contributed by atoms with van der Waals surface area (Å²) in [5, 5.41) is 0.966. The number of nitrogens with one attached hydrogen (secondary N) is 1. The largest absolute Gasteiger partial charge is 0.465 e. The molecule has 0 saturated heterocycles. The molecule has 0 aliphatic heterocycles. The van der Waals surface area contributed by atoms with Gasteiger partial charge in [0.05, 0.1) is 17.7 Å². The molecule has 0 spiro atoms. The highest BCUT2D eigenvalue weighted by molar-refractivity contribution is 6.35. The standard InChI is InChI=1S/C9H7ClN2O2/c1-14-9(13)7-5-2-3-11-8(5)12-4-6(7)10/h2-4H,1H3,(H,11,12). The van der Waals surface area contributed by atoms with Crippen LogP contribution in [0.15, 0.2) is 18.5 Å². The van der Waals surface area contributed by atoms with Gasteiger partial charge in [-0.1, -0.05) is 11.6 Å². The van der Waals surface area contributed by atoms with E-state index in [-0.39, 0.29) is 0 Å². The summed E-state index contributed by atoms with van der Waals surface area (Å²) < 4.78 is 4.63. The molecule has 0 aliphatic carbocycles. The summed E-state index contributed by atoms with van der Waals surface area (Å²) in [6.45, 7) is 0. The van der Waals surface area contributed by atoms with Crippen LogP contribution in [0, 0.1) is 0 Å². The van der Waals surface area contributed by atoms with Gasteiger partial charge < -0.3 is 9.72 Å². The Hall–Kier alpha value is -1.55. The van der Waals surface area contributed by atoms with Gasteiger partial charge in [0, 0.05) is 17.8 Å². The number of nitrogens with zero attached hydrogens (tertiary/aromatic N) is 1. The lowest BCUT2D eigenvalue weighted by atomic mass is 10.2. The van der Waals surface area contributed by atoms with Crippen LogP contribution < -0.4 is 0 Å². The van der Waals surface area contributed by atoms with E-state index in [1.165, 1.54) is 13.3 Å². The number of methoxy groups -OCH3 is 1. The van der Waals surface area contributed by atoms with Crippen molar-refractivity contribution in [2.24, 2.45) is 0 Å². The quantitative estimate of drug-likeness (QED) is 0.733. The van der Waals surface area contributed by atoms with Gasteiger partial charge in [-0.3, -0.25) is 0 Å². The van der Waals surface area contributed by atoms with Crippen LogP contribution in [0.5, 0.6) is 0 Å². The highest BCUT2D eigenvalue weighted by atomic mass is 35.5. The molecule has 2 aromatic heterocycles. The first-order valence-corrected chi connectivity index (χ1v) is 4.31. The van der Waals surface area contributed by atoms with E-state index in [2.05, 4.69) is 14.7 Å². The molecule has 0 saturated carbocycles. The molecule has 72 valence electrons. The van der Waals surface area contributed by atoms with Crippen molar-refractivity contribution in [3.8, 4) is 0 Å². The van der Waals surface area contributed by atoms with Crippen molar-refractivity contribution in [3.05, 3.63) is 29.0 Å². The maximum Gasteiger partial charge on any atom is 0.340 e.